The van der Waals surface area contributed by atoms with Crippen LogP contribution in [-0.2, 0) is 6.42 Å². The van der Waals surface area contributed by atoms with Gasteiger partial charge < -0.3 is 19.4 Å². The molecule has 2 aliphatic heterocycles. The molecule has 2 aliphatic rings. The number of nitrogens with zero attached hydrogens (tertiary/aromatic N) is 4. The number of rotatable bonds is 5. The van der Waals surface area contributed by atoms with Gasteiger partial charge in [-0.2, -0.15) is 0 Å². The lowest BCUT2D eigenvalue weighted by Gasteiger charge is -2.27. The quantitative estimate of drug-likeness (QED) is 0.561. The van der Waals surface area contributed by atoms with Gasteiger partial charge in [0.1, 0.15) is 17.4 Å². The fourth-order valence-electron chi connectivity index (χ4n) is 4.55. The molecule has 0 bridgehead atoms. The van der Waals surface area contributed by atoms with Gasteiger partial charge in [0.05, 0.1) is 23.9 Å². The van der Waals surface area contributed by atoms with E-state index >= 15 is 0 Å². The van der Waals surface area contributed by atoms with Gasteiger partial charge in [-0.05, 0) is 62.8 Å². The summed E-state index contributed by atoms with van der Waals surface area (Å²) >= 11 is 1.34. The van der Waals surface area contributed by atoms with Gasteiger partial charge in [-0.25, -0.2) is 9.37 Å². The minimum Gasteiger partial charge on any atom is -0.497 e. The fourth-order valence-corrected chi connectivity index (χ4v) is 5.74. The van der Waals surface area contributed by atoms with Gasteiger partial charge in [-0.3, -0.25) is 4.79 Å². The molecule has 1 aromatic carbocycles. The zero-order valence-electron chi connectivity index (χ0n) is 19.0. The van der Waals surface area contributed by atoms with E-state index in [-0.39, 0.29) is 11.7 Å². The number of methoxy groups -OCH3 is 1. The number of aromatic nitrogens is 1. The summed E-state index contributed by atoms with van der Waals surface area (Å²) in [6.07, 6.45) is 3.64. The molecule has 1 fully saturated rings. The third-order valence-corrected chi connectivity index (χ3v) is 7.76. The molecule has 8 heteroatoms. The number of halogens is 1. The highest BCUT2D eigenvalue weighted by Gasteiger charge is 2.30. The van der Waals surface area contributed by atoms with Crippen molar-refractivity contribution in [1.29, 1.82) is 0 Å². The number of carbonyl (C=O) groups is 1. The van der Waals surface area contributed by atoms with Crippen LogP contribution in [0.2, 0.25) is 0 Å². The Labute approximate surface area is 197 Å². The van der Waals surface area contributed by atoms with E-state index in [1.807, 2.05) is 18.2 Å². The Morgan fingerprint density at radius 3 is 2.70 bits per heavy atom. The first kappa shape index (κ1) is 21.9. The zero-order valence-corrected chi connectivity index (χ0v) is 19.9. The van der Waals surface area contributed by atoms with Crippen molar-refractivity contribution in [2.24, 2.45) is 0 Å². The predicted octanol–water partition coefficient (Wildman–Crippen LogP) is 4.30. The summed E-state index contributed by atoms with van der Waals surface area (Å²) in [7, 11) is 5.73. The highest BCUT2D eigenvalue weighted by Crippen LogP contribution is 2.38. The standard InChI is InChI=1S/C25H27FN4O2S/c1-28(2)18-9-10-29(15-18)23-7-4-17(14-27-23)30-11-8-16-12-22(33-24(16)25(30)31)20-6-5-19(32-3)13-21(20)26/h4-7,12-14,18H,8-11,15H2,1-3H3. The maximum atomic E-state index is 14.6. The number of ether oxygens (including phenoxy) is 1. The van der Waals surface area contributed by atoms with Gasteiger partial charge in [-0.15, -0.1) is 11.3 Å². The molecule has 172 valence electrons. The molecule has 0 saturated carbocycles. The topological polar surface area (TPSA) is 48.9 Å². The average Bonchev–Trinajstić information content (AvgIpc) is 3.48. The van der Waals surface area contributed by atoms with Crippen LogP contribution in [0.4, 0.5) is 15.9 Å². The molecule has 0 spiro atoms. The first-order chi connectivity index (χ1) is 15.9. The summed E-state index contributed by atoms with van der Waals surface area (Å²) in [5.74, 6) is 1.02. The summed E-state index contributed by atoms with van der Waals surface area (Å²) in [6, 6.07) is 11.3. The van der Waals surface area contributed by atoms with E-state index in [1.165, 1.54) is 24.5 Å². The largest absolute Gasteiger partial charge is 0.497 e. The molecular weight excluding hydrogens is 439 g/mol. The number of anilines is 2. The van der Waals surface area contributed by atoms with Gasteiger partial charge in [-0.1, -0.05) is 0 Å². The molecule has 1 atom stereocenters. The van der Waals surface area contributed by atoms with Crippen LogP contribution >= 0.6 is 11.3 Å². The highest BCUT2D eigenvalue weighted by molar-refractivity contribution is 7.17. The van der Waals surface area contributed by atoms with Crippen LogP contribution in [0.25, 0.3) is 10.4 Å². The molecule has 0 N–H and O–H groups in total. The molecule has 33 heavy (non-hydrogen) atoms. The van der Waals surface area contributed by atoms with Gasteiger partial charge in [0.15, 0.2) is 0 Å². The van der Waals surface area contributed by atoms with E-state index in [0.717, 1.165) is 47.9 Å². The van der Waals surface area contributed by atoms with Gasteiger partial charge in [0.25, 0.3) is 5.91 Å². The molecule has 1 unspecified atom stereocenters. The van der Waals surface area contributed by atoms with E-state index in [2.05, 4.69) is 28.9 Å². The Morgan fingerprint density at radius 1 is 1.18 bits per heavy atom. The van der Waals surface area contributed by atoms with Crippen molar-refractivity contribution in [3.8, 4) is 16.2 Å². The normalized spacial score (nSPS) is 18.2. The SMILES string of the molecule is COc1ccc(-c2cc3c(s2)C(=O)N(c2ccc(N4CCC(N(C)C)C4)nc2)CC3)c(F)c1. The van der Waals surface area contributed by atoms with Gasteiger partial charge in [0.2, 0.25) is 0 Å². The Morgan fingerprint density at radius 2 is 2.03 bits per heavy atom. The second kappa shape index (κ2) is 8.76. The summed E-state index contributed by atoms with van der Waals surface area (Å²) in [5, 5.41) is 0. The van der Waals surface area contributed by atoms with Gasteiger partial charge >= 0.3 is 0 Å². The molecular formula is C25H27FN4O2S. The van der Waals surface area contributed by atoms with Crippen LogP contribution < -0.4 is 14.5 Å². The van der Waals surface area contributed by atoms with Crippen LogP contribution in [-0.4, -0.2) is 62.7 Å². The summed E-state index contributed by atoms with van der Waals surface area (Å²) < 4.78 is 19.7. The van der Waals surface area contributed by atoms with Crippen LogP contribution in [0, 0.1) is 5.82 Å². The number of pyridine rings is 1. The lowest BCUT2D eigenvalue weighted by molar-refractivity contribution is 0.0985. The van der Waals surface area contributed by atoms with Crippen molar-refractivity contribution in [2.75, 3.05) is 50.6 Å². The van der Waals surface area contributed by atoms with E-state index in [9.17, 15) is 9.18 Å². The third-order valence-electron chi connectivity index (χ3n) is 6.56. The van der Waals surface area contributed by atoms with E-state index < -0.39 is 0 Å². The van der Waals surface area contributed by atoms with E-state index in [4.69, 9.17) is 4.74 Å². The van der Waals surface area contributed by atoms with E-state index in [1.54, 1.807) is 23.2 Å². The first-order valence-electron chi connectivity index (χ1n) is 11.1. The van der Waals surface area contributed by atoms with Gasteiger partial charge in [0, 0.05) is 42.2 Å². The summed E-state index contributed by atoms with van der Waals surface area (Å²) in [6.45, 7) is 2.53. The number of amides is 1. The van der Waals surface area contributed by atoms with Crippen LogP contribution in [0.5, 0.6) is 5.75 Å². The summed E-state index contributed by atoms with van der Waals surface area (Å²) in [4.78, 5) is 25.7. The average molecular weight is 467 g/mol. The second-order valence-electron chi connectivity index (χ2n) is 8.74. The Hall–Kier alpha value is -2.97. The number of hydrogen-bond acceptors (Lipinski definition) is 6. The maximum Gasteiger partial charge on any atom is 0.268 e. The van der Waals surface area contributed by atoms with Crippen molar-refractivity contribution in [3.05, 3.63) is 58.9 Å². The monoisotopic (exact) mass is 466 g/mol. The van der Waals surface area contributed by atoms with Crippen molar-refractivity contribution >= 4 is 28.7 Å². The number of fused-ring (bicyclic) bond motifs is 1. The second-order valence-corrected chi connectivity index (χ2v) is 9.80. The van der Waals surface area contributed by atoms with Crippen molar-refractivity contribution < 1.29 is 13.9 Å². The lowest BCUT2D eigenvalue weighted by atomic mass is 10.1. The van der Waals surface area contributed by atoms with E-state index in [0.29, 0.717) is 28.8 Å². The highest BCUT2D eigenvalue weighted by atomic mass is 32.1. The number of thiophene rings is 1. The molecule has 1 amide bonds. The Balaban J connectivity index is 1.35. The minimum atomic E-state index is -0.351. The van der Waals surface area contributed by atoms with Crippen LogP contribution in [0.3, 0.4) is 0 Å². The maximum absolute atomic E-state index is 14.6. The molecule has 2 aromatic heterocycles. The number of hydrogen-bond donors (Lipinski definition) is 0. The lowest BCUT2D eigenvalue weighted by Crippen LogP contribution is -2.36. The summed E-state index contributed by atoms with van der Waals surface area (Å²) in [5.41, 5.74) is 2.26. The number of likely N-dealkylation sites (N-methyl/N-ethyl adjacent to an activating group) is 1. The molecule has 0 aliphatic carbocycles. The fraction of sp³-hybridized carbons (Fsp3) is 0.360. The number of carbonyl (C=O) groups excluding carboxylic acids is 1. The Kier molecular flexibility index (Phi) is 5.80. The number of benzene rings is 1. The van der Waals surface area contributed by atoms with Crippen LogP contribution in [0.15, 0.2) is 42.6 Å². The van der Waals surface area contributed by atoms with Crippen molar-refractivity contribution in [2.45, 2.75) is 18.9 Å². The molecule has 6 nitrogen and oxygen atoms in total. The molecule has 1 saturated heterocycles. The molecule has 4 heterocycles. The zero-order chi connectivity index (χ0) is 23.1. The minimum absolute atomic E-state index is 0.0511. The third kappa shape index (κ3) is 4.09. The first-order valence-corrected chi connectivity index (χ1v) is 11.9. The smallest absolute Gasteiger partial charge is 0.268 e. The molecule has 5 rings (SSSR count). The predicted molar refractivity (Wildman–Crippen MR) is 130 cm³/mol. The molecule has 3 aromatic rings. The van der Waals surface area contributed by atoms with Crippen molar-refractivity contribution in [1.82, 2.24) is 9.88 Å². The molecule has 0 radical (unpaired) electrons. The van der Waals surface area contributed by atoms with Crippen molar-refractivity contribution in [3.63, 3.8) is 0 Å². The Bertz CT molecular complexity index is 1180. The van der Waals surface area contributed by atoms with Crippen LogP contribution in [0.1, 0.15) is 21.7 Å².